The Morgan fingerprint density at radius 1 is 1.14 bits per heavy atom. The number of hydrogen-bond acceptors (Lipinski definition) is 3. The Balaban J connectivity index is 2.20. The molecule has 2 amide bonds. The van der Waals surface area contributed by atoms with Crippen molar-refractivity contribution in [3.05, 3.63) is 58.0 Å². The minimum absolute atomic E-state index is 0.0303. The first kappa shape index (κ1) is 22.4. The van der Waals surface area contributed by atoms with Gasteiger partial charge in [-0.3, -0.25) is 9.59 Å². The highest BCUT2D eigenvalue weighted by atomic mass is 35.5. The maximum atomic E-state index is 13.2. The molecule has 1 aromatic carbocycles. The molecule has 7 heteroatoms. The van der Waals surface area contributed by atoms with Gasteiger partial charge in [-0.25, -0.2) is 4.39 Å². The summed E-state index contributed by atoms with van der Waals surface area (Å²) < 4.78 is 13.2. The second-order valence-corrected chi connectivity index (χ2v) is 8.48. The van der Waals surface area contributed by atoms with Crippen molar-refractivity contribution < 1.29 is 14.0 Å². The third-order valence-electron chi connectivity index (χ3n) is 4.62. The largest absolute Gasteiger partial charge is 0.332 e. The van der Waals surface area contributed by atoms with Gasteiger partial charge in [-0.1, -0.05) is 25.1 Å². The predicted molar refractivity (Wildman–Crippen MR) is 112 cm³/mol. The van der Waals surface area contributed by atoms with Crippen molar-refractivity contribution in [1.29, 1.82) is 0 Å². The molecule has 0 radical (unpaired) electrons. The van der Waals surface area contributed by atoms with Gasteiger partial charge in [-0.15, -0.1) is 22.9 Å². The van der Waals surface area contributed by atoms with E-state index in [0.717, 1.165) is 16.9 Å². The summed E-state index contributed by atoms with van der Waals surface area (Å²) in [6, 6.07) is 9.91. The van der Waals surface area contributed by atoms with E-state index in [1.54, 1.807) is 40.2 Å². The Morgan fingerprint density at radius 2 is 1.82 bits per heavy atom. The van der Waals surface area contributed by atoms with Gasteiger partial charge in [0.15, 0.2) is 0 Å². The standard InChI is InChI=1S/C21H26ClFN2O2S/c1-4-15(2)25(21(27)16(3)22)14-20(26)24(13-19-6-5-11-28-19)12-17-7-9-18(23)10-8-17/h5-11,15-16H,4,12-14H2,1-3H3. The van der Waals surface area contributed by atoms with Crippen LogP contribution in [0.3, 0.4) is 0 Å². The zero-order chi connectivity index (χ0) is 20.7. The van der Waals surface area contributed by atoms with Crippen LogP contribution in [-0.2, 0) is 22.7 Å². The van der Waals surface area contributed by atoms with E-state index in [2.05, 4.69) is 0 Å². The van der Waals surface area contributed by atoms with Gasteiger partial charge >= 0.3 is 0 Å². The van der Waals surface area contributed by atoms with Crippen LogP contribution in [0.4, 0.5) is 4.39 Å². The smallest absolute Gasteiger partial charge is 0.242 e. The van der Waals surface area contributed by atoms with E-state index in [9.17, 15) is 14.0 Å². The first-order valence-corrected chi connectivity index (χ1v) is 10.6. The van der Waals surface area contributed by atoms with Gasteiger partial charge in [0, 0.05) is 17.5 Å². The molecular formula is C21H26ClFN2O2S. The fourth-order valence-electron chi connectivity index (χ4n) is 2.78. The molecule has 0 fully saturated rings. The molecule has 0 saturated heterocycles. The van der Waals surface area contributed by atoms with Gasteiger partial charge in [0.2, 0.25) is 11.8 Å². The van der Waals surface area contributed by atoms with Gasteiger partial charge in [0.1, 0.15) is 17.7 Å². The van der Waals surface area contributed by atoms with E-state index in [1.807, 2.05) is 31.4 Å². The summed E-state index contributed by atoms with van der Waals surface area (Å²) in [5.41, 5.74) is 0.832. The first-order chi connectivity index (χ1) is 13.3. The van der Waals surface area contributed by atoms with E-state index in [-0.39, 0.29) is 30.2 Å². The third-order valence-corrected chi connectivity index (χ3v) is 5.67. The molecule has 4 nitrogen and oxygen atoms in total. The van der Waals surface area contributed by atoms with E-state index in [0.29, 0.717) is 13.1 Å². The second kappa shape index (κ2) is 10.6. The van der Waals surface area contributed by atoms with Crippen molar-refractivity contribution in [2.45, 2.75) is 51.7 Å². The third kappa shape index (κ3) is 6.31. The number of nitrogens with zero attached hydrogens (tertiary/aromatic N) is 2. The Labute approximate surface area is 174 Å². The maximum Gasteiger partial charge on any atom is 0.242 e. The molecule has 2 aromatic rings. The molecule has 2 rings (SSSR count). The maximum absolute atomic E-state index is 13.2. The molecule has 152 valence electrons. The average molecular weight is 425 g/mol. The monoisotopic (exact) mass is 424 g/mol. The van der Waals surface area contributed by atoms with Crippen LogP contribution in [0, 0.1) is 5.82 Å². The lowest BCUT2D eigenvalue weighted by Gasteiger charge is -2.32. The number of rotatable bonds is 9. The normalized spacial score (nSPS) is 13.0. The summed E-state index contributed by atoms with van der Waals surface area (Å²) in [6.45, 7) is 6.25. The molecule has 0 spiro atoms. The summed E-state index contributed by atoms with van der Waals surface area (Å²) in [4.78, 5) is 29.9. The van der Waals surface area contributed by atoms with Crippen molar-refractivity contribution in [3.8, 4) is 0 Å². The van der Waals surface area contributed by atoms with Crippen molar-refractivity contribution in [1.82, 2.24) is 9.80 Å². The summed E-state index contributed by atoms with van der Waals surface area (Å²) >= 11 is 7.56. The highest BCUT2D eigenvalue weighted by molar-refractivity contribution is 7.09. The number of carbonyl (C=O) groups excluding carboxylic acids is 2. The molecule has 0 aliphatic rings. The Kier molecular flexibility index (Phi) is 8.45. The Hall–Kier alpha value is -1.92. The quantitative estimate of drug-likeness (QED) is 0.549. The van der Waals surface area contributed by atoms with Gasteiger partial charge in [0.25, 0.3) is 0 Å². The Morgan fingerprint density at radius 3 is 2.36 bits per heavy atom. The van der Waals surface area contributed by atoms with Crippen LogP contribution in [0.2, 0.25) is 0 Å². The molecule has 0 aliphatic heterocycles. The van der Waals surface area contributed by atoms with Crippen LogP contribution in [0.1, 0.15) is 37.6 Å². The van der Waals surface area contributed by atoms with Crippen molar-refractivity contribution >= 4 is 34.8 Å². The number of benzene rings is 1. The average Bonchev–Trinajstić information content (AvgIpc) is 3.19. The summed E-state index contributed by atoms with van der Waals surface area (Å²) in [7, 11) is 0. The summed E-state index contributed by atoms with van der Waals surface area (Å²) in [5, 5.41) is 1.27. The van der Waals surface area contributed by atoms with Crippen molar-refractivity contribution in [2.75, 3.05) is 6.54 Å². The van der Waals surface area contributed by atoms with Crippen molar-refractivity contribution in [3.63, 3.8) is 0 Å². The number of halogens is 2. The SMILES string of the molecule is CCC(C)N(CC(=O)N(Cc1ccc(F)cc1)Cc1cccs1)C(=O)C(C)Cl. The van der Waals surface area contributed by atoms with Crippen molar-refractivity contribution in [2.24, 2.45) is 0 Å². The lowest BCUT2D eigenvalue weighted by molar-refractivity contribution is -0.142. The van der Waals surface area contributed by atoms with E-state index >= 15 is 0 Å². The molecule has 0 bridgehead atoms. The molecular weight excluding hydrogens is 399 g/mol. The minimum atomic E-state index is -0.690. The molecule has 0 N–H and O–H groups in total. The number of thiophene rings is 1. The summed E-state index contributed by atoms with van der Waals surface area (Å²) in [6.07, 6.45) is 0.728. The number of amides is 2. The Bertz CT molecular complexity index is 765. The predicted octanol–water partition coefficient (Wildman–Crippen LogP) is 4.67. The van der Waals surface area contributed by atoms with Crippen LogP contribution < -0.4 is 0 Å². The minimum Gasteiger partial charge on any atom is -0.332 e. The first-order valence-electron chi connectivity index (χ1n) is 9.31. The van der Waals surface area contributed by atoms with E-state index in [1.165, 1.54) is 12.1 Å². The summed E-state index contributed by atoms with van der Waals surface area (Å²) in [5.74, 6) is -0.726. The zero-order valence-corrected chi connectivity index (χ0v) is 18.0. The fourth-order valence-corrected chi connectivity index (χ4v) is 3.62. The topological polar surface area (TPSA) is 40.6 Å². The highest BCUT2D eigenvalue weighted by Crippen LogP contribution is 2.17. The molecule has 28 heavy (non-hydrogen) atoms. The van der Waals surface area contributed by atoms with E-state index < -0.39 is 5.38 Å². The molecule has 0 saturated carbocycles. The molecule has 0 aliphatic carbocycles. The zero-order valence-electron chi connectivity index (χ0n) is 16.4. The lowest BCUT2D eigenvalue weighted by Crippen LogP contribution is -2.48. The molecule has 1 heterocycles. The number of hydrogen-bond donors (Lipinski definition) is 0. The number of alkyl halides is 1. The van der Waals surface area contributed by atoms with Crippen LogP contribution >= 0.6 is 22.9 Å². The van der Waals surface area contributed by atoms with Crippen LogP contribution in [0.5, 0.6) is 0 Å². The van der Waals surface area contributed by atoms with Crippen LogP contribution in [-0.4, -0.2) is 39.6 Å². The van der Waals surface area contributed by atoms with Gasteiger partial charge < -0.3 is 9.80 Å². The molecule has 2 atom stereocenters. The van der Waals surface area contributed by atoms with E-state index in [4.69, 9.17) is 11.6 Å². The fraction of sp³-hybridized carbons (Fsp3) is 0.429. The second-order valence-electron chi connectivity index (χ2n) is 6.80. The van der Waals surface area contributed by atoms with Gasteiger partial charge in [-0.05, 0) is 49.4 Å². The van der Waals surface area contributed by atoms with Gasteiger partial charge in [-0.2, -0.15) is 0 Å². The van der Waals surface area contributed by atoms with Gasteiger partial charge in [0.05, 0.1) is 6.54 Å². The molecule has 1 aromatic heterocycles. The molecule has 2 unspecified atom stereocenters. The van der Waals surface area contributed by atoms with Crippen LogP contribution in [0.15, 0.2) is 41.8 Å². The number of carbonyl (C=O) groups is 2. The van der Waals surface area contributed by atoms with Crippen LogP contribution in [0.25, 0.3) is 0 Å². The lowest BCUT2D eigenvalue weighted by atomic mass is 10.1. The highest BCUT2D eigenvalue weighted by Gasteiger charge is 2.27.